The number of amides is 1. The number of alkyl halides is 1. The van der Waals surface area contributed by atoms with Gasteiger partial charge in [-0.3, -0.25) is 9.59 Å². The van der Waals surface area contributed by atoms with Crippen LogP contribution in [0.25, 0.3) is 0 Å². The maximum atomic E-state index is 12.0. The fourth-order valence-corrected chi connectivity index (χ4v) is 1.78. The van der Waals surface area contributed by atoms with Gasteiger partial charge in [0.1, 0.15) is 0 Å². The summed E-state index contributed by atoms with van der Waals surface area (Å²) in [5.74, 6) is -1.67. The molecule has 0 aromatic rings. The Hall–Kier alpha value is -0.330. The van der Waals surface area contributed by atoms with E-state index in [9.17, 15) is 9.59 Å². The molecule has 0 aliphatic heterocycles. The summed E-state index contributed by atoms with van der Waals surface area (Å²) in [6.45, 7) is 9.36. The number of rotatable bonds is 4. The highest BCUT2D eigenvalue weighted by molar-refractivity contribution is 14.1. The topological polar surface area (TPSA) is 66.4 Å². The summed E-state index contributed by atoms with van der Waals surface area (Å²) in [5.41, 5.74) is -0.338. The molecule has 1 unspecified atom stereocenters. The molecule has 0 saturated heterocycles. The average Bonchev–Trinajstić information content (AvgIpc) is 1.93. The molecule has 1 amide bonds. The van der Waals surface area contributed by atoms with Gasteiger partial charge >= 0.3 is 5.97 Å². The molecule has 4 nitrogen and oxygen atoms in total. The van der Waals surface area contributed by atoms with E-state index >= 15 is 0 Å². The first-order valence-electron chi connectivity index (χ1n) is 5.16. The van der Waals surface area contributed by atoms with E-state index in [1.54, 1.807) is 0 Å². The molecular weight excluding hydrogens is 321 g/mol. The molecule has 0 fully saturated rings. The second-order valence-corrected chi connectivity index (χ2v) is 8.23. The SMILES string of the molecule is CC(C)(C)NC(=O)C(CC(=O)O)C(C)(C)I. The van der Waals surface area contributed by atoms with Gasteiger partial charge in [0.25, 0.3) is 0 Å². The van der Waals surface area contributed by atoms with E-state index < -0.39 is 11.9 Å². The molecule has 16 heavy (non-hydrogen) atoms. The van der Waals surface area contributed by atoms with Gasteiger partial charge in [-0.25, -0.2) is 0 Å². The minimum atomic E-state index is -0.946. The van der Waals surface area contributed by atoms with Crippen molar-refractivity contribution in [2.24, 2.45) is 5.92 Å². The number of hydrogen-bond acceptors (Lipinski definition) is 2. The Morgan fingerprint density at radius 3 is 1.94 bits per heavy atom. The summed E-state index contributed by atoms with van der Waals surface area (Å²) in [5, 5.41) is 11.6. The maximum Gasteiger partial charge on any atom is 0.304 e. The quantitative estimate of drug-likeness (QED) is 0.609. The van der Waals surface area contributed by atoms with Gasteiger partial charge in [-0.15, -0.1) is 0 Å². The Labute approximate surface area is 110 Å². The van der Waals surface area contributed by atoms with E-state index in [1.165, 1.54) is 0 Å². The lowest BCUT2D eigenvalue weighted by atomic mass is 9.90. The summed E-state index contributed by atoms with van der Waals surface area (Å²) < 4.78 is -0.383. The van der Waals surface area contributed by atoms with Crippen molar-refractivity contribution in [3.63, 3.8) is 0 Å². The number of carbonyl (C=O) groups is 2. The molecule has 0 saturated carbocycles. The third-order valence-corrected chi connectivity index (χ3v) is 2.77. The smallest absolute Gasteiger partial charge is 0.304 e. The van der Waals surface area contributed by atoms with Gasteiger partial charge in [-0.05, 0) is 20.8 Å². The molecule has 0 radical (unpaired) electrons. The Bertz CT molecular complexity index is 276. The number of aliphatic carboxylic acids is 1. The number of carboxylic acid groups (broad SMARTS) is 1. The van der Waals surface area contributed by atoms with Crippen LogP contribution in [-0.2, 0) is 9.59 Å². The lowest BCUT2D eigenvalue weighted by Gasteiger charge is -2.30. The first kappa shape index (κ1) is 15.7. The summed E-state index contributed by atoms with van der Waals surface area (Å²) in [6, 6.07) is 0. The van der Waals surface area contributed by atoms with Gasteiger partial charge in [0, 0.05) is 8.96 Å². The van der Waals surface area contributed by atoms with Gasteiger partial charge in [-0.1, -0.05) is 36.4 Å². The number of hydrogen-bond donors (Lipinski definition) is 2. The lowest BCUT2D eigenvalue weighted by molar-refractivity contribution is -0.142. The Balaban J connectivity index is 4.78. The van der Waals surface area contributed by atoms with Crippen LogP contribution in [0, 0.1) is 5.92 Å². The molecule has 0 rings (SSSR count). The second kappa shape index (κ2) is 5.33. The van der Waals surface area contributed by atoms with Crippen LogP contribution in [0.2, 0.25) is 0 Å². The molecule has 0 aromatic heterocycles. The van der Waals surface area contributed by atoms with E-state index in [0.717, 1.165) is 0 Å². The van der Waals surface area contributed by atoms with E-state index in [4.69, 9.17) is 5.11 Å². The van der Waals surface area contributed by atoms with Crippen LogP contribution in [0.5, 0.6) is 0 Å². The summed E-state index contributed by atoms with van der Waals surface area (Å²) in [4.78, 5) is 22.7. The molecule has 1 atom stereocenters. The average molecular weight is 341 g/mol. The molecule has 2 N–H and O–H groups in total. The van der Waals surface area contributed by atoms with Gasteiger partial charge in [-0.2, -0.15) is 0 Å². The summed E-state index contributed by atoms with van der Waals surface area (Å²) >= 11 is 2.11. The molecule has 0 bridgehead atoms. The highest BCUT2D eigenvalue weighted by atomic mass is 127. The van der Waals surface area contributed by atoms with E-state index in [1.807, 2.05) is 34.6 Å². The van der Waals surface area contributed by atoms with E-state index in [-0.39, 0.29) is 21.3 Å². The van der Waals surface area contributed by atoms with Crippen molar-refractivity contribution in [2.45, 2.75) is 50.0 Å². The molecule has 0 aliphatic rings. The van der Waals surface area contributed by atoms with Crippen molar-refractivity contribution in [2.75, 3.05) is 0 Å². The first-order chi connectivity index (χ1) is 6.93. The van der Waals surface area contributed by atoms with Crippen LogP contribution >= 0.6 is 22.6 Å². The largest absolute Gasteiger partial charge is 0.481 e. The Morgan fingerprint density at radius 2 is 1.69 bits per heavy atom. The fourth-order valence-electron chi connectivity index (χ4n) is 1.28. The molecule has 0 aromatic carbocycles. The van der Waals surface area contributed by atoms with Crippen LogP contribution < -0.4 is 5.32 Å². The predicted molar refractivity (Wildman–Crippen MR) is 71.7 cm³/mol. The zero-order valence-electron chi connectivity index (χ0n) is 10.4. The zero-order chi connectivity index (χ0) is 13.1. The van der Waals surface area contributed by atoms with Crippen molar-refractivity contribution in [1.29, 1.82) is 0 Å². The lowest BCUT2D eigenvalue weighted by Crippen LogP contribution is -2.48. The Morgan fingerprint density at radius 1 is 1.25 bits per heavy atom. The third kappa shape index (κ3) is 6.30. The number of carboxylic acids is 1. The van der Waals surface area contributed by atoms with Crippen LogP contribution in [0.3, 0.4) is 0 Å². The maximum absolute atomic E-state index is 12.0. The molecule has 94 valence electrons. The van der Waals surface area contributed by atoms with Crippen molar-refractivity contribution >= 4 is 34.5 Å². The van der Waals surface area contributed by atoms with E-state index in [2.05, 4.69) is 27.9 Å². The molecular formula is C11H20INO3. The monoisotopic (exact) mass is 341 g/mol. The van der Waals surface area contributed by atoms with Crippen molar-refractivity contribution in [3.8, 4) is 0 Å². The zero-order valence-corrected chi connectivity index (χ0v) is 12.6. The molecule has 0 spiro atoms. The summed E-state index contributed by atoms with van der Waals surface area (Å²) in [6.07, 6.45) is -0.141. The second-order valence-electron chi connectivity index (χ2n) is 5.45. The van der Waals surface area contributed by atoms with E-state index in [0.29, 0.717) is 0 Å². The van der Waals surface area contributed by atoms with Gasteiger partial charge < -0.3 is 10.4 Å². The number of carbonyl (C=O) groups excluding carboxylic acids is 1. The number of halogens is 1. The van der Waals surface area contributed by atoms with Crippen LogP contribution in [0.1, 0.15) is 41.0 Å². The van der Waals surface area contributed by atoms with Crippen molar-refractivity contribution in [3.05, 3.63) is 0 Å². The third-order valence-electron chi connectivity index (χ3n) is 2.02. The highest BCUT2D eigenvalue weighted by Crippen LogP contribution is 2.30. The molecule has 5 heteroatoms. The normalized spacial score (nSPS) is 14.4. The van der Waals surface area contributed by atoms with Crippen LogP contribution in [-0.4, -0.2) is 25.9 Å². The van der Waals surface area contributed by atoms with Crippen LogP contribution in [0.15, 0.2) is 0 Å². The molecule has 0 aliphatic carbocycles. The first-order valence-corrected chi connectivity index (χ1v) is 6.24. The van der Waals surface area contributed by atoms with Gasteiger partial charge in [0.15, 0.2) is 0 Å². The standard InChI is InChI=1S/C11H20INO3/c1-10(2,3)13-9(16)7(6-8(14)15)11(4,5)12/h7H,6H2,1-5H3,(H,13,16)(H,14,15). The fraction of sp³-hybridized carbons (Fsp3) is 0.818. The van der Waals surface area contributed by atoms with Crippen molar-refractivity contribution in [1.82, 2.24) is 5.32 Å². The molecule has 0 heterocycles. The number of nitrogens with one attached hydrogen (secondary N) is 1. The van der Waals surface area contributed by atoms with Gasteiger partial charge in [0.05, 0.1) is 12.3 Å². The van der Waals surface area contributed by atoms with Crippen molar-refractivity contribution < 1.29 is 14.7 Å². The predicted octanol–water partition coefficient (Wildman–Crippen LogP) is 2.21. The minimum Gasteiger partial charge on any atom is -0.481 e. The highest BCUT2D eigenvalue weighted by Gasteiger charge is 2.35. The Kier molecular flexibility index (Phi) is 5.22. The minimum absolute atomic E-state index is 0.141. The summed E-state index contributed by atoms with van der Waals surface area (Å²) in [7, 11) is 0. The van der Waals surface area contributed by atoms with Crippen LogP contribution in [0.4, 0.5) is 0 Å². The van der Waals surface area contributed by atoms with Gasteiger partial charge in [0.2, 0.25) is 5.91 Å².